The minimum atomic E-state index is -0.393. The second kappa shape index (κ2) is 8.05. The fraction of sp³-hybridized carbons (Fsp3) is 0.120. The van der Waals surface area contributed by atoms with Crippen molar-refractivity contribution in [1.29, 1.82) is 0 Å². The van der Waals surface area contributed by atoms with E-state index in [1.807, 2.05) is 79.7 Å². The summed E-state index contributed by atoms with van der Waals surface area (Å²) in [4.78, 5) is 18.3. The Morgan fingerprint density at radius 2 is 1.88 bits per heavy atom. The van der Waals surface area contributed by atoms with Gasteiger partial charge >= 0.3 is 0 Å². The van der Waals surface area contributed by atoms with E-state index in [2.05, 4.69) is 15.2 Å². The first-order valence-electron chi connectivity index (χ1n) is 10.2. The number of methoxy groups -OCH3 is 1. The van der Waals surface area contributed by atoms with E-state index in [1.165, 1.54) is 0 Å². The van der Waals surface area contributed by atoms with Gasteiger partial charge in [-0.1, -0.05) is 35.9 Å². The third kappa shape index (κ3) is 3.48. The molecule has 1 unspecified atom stereocenters. The molecular formula is C25H21ClN4O2. The van der Waals surface area contributed by atoms with E-state index >= 15 is 0 Å². The standard InChI is InChI=1S/C25H21ClN4O2/c1-15-22(24(31)28-18-10-12-19(32-2)13-11-18)23(16-6-5-7-17(26)14-16)30-21-9-4-3-8-20(21)29-25(30)27-15/h3-14,23H,1-2H3,(H,27,29)(H,28,31). The van der Waals surface area contributed by atoms with Gasteiger partial charge < -0.3 is 15.4 Å². The predicted octanol–water partition coefficient (Wildman–Crippen LogP) is 5.63. The van der Waals surface area contributed by atoms with Crippen LogP contribution in [0.4, 0.5) is 11.6 Å². The van der Waals surface area contributed by atoms with E-state index in [0.717, 1.165) is 28.0 Å². The molecule has 1 aliphatic rings. The van der Waals surface area contributed by atoms with Gasteiger partial charge in [-0.3, -0.25) is 9.36 Å². The number of aromatic nitrogens is 2. The van der Waals surface area contributed by atoms with Crippen molar-refractivity contribution in [3.8, 4) is 5.75 Å². The number of ether oxygens (including phenoxy) is 1. The van der Waals surface area contributed by atoms with Crippen molar-refractivity contribution in [2.24, 2.45) is 0 Å². The summed E-state index contributed by atoms with van der Waals surface area (Å²) >= 11 is 6.34. The Morgan fingerprint density at radius 1 is 1.09 bits per heavy atom. The lowest BCUT2D eigenvalue weighted by Gasteiger charge is -2.30. The number of nitrogens with one attached hydrogen (secondary N) is 2. The fourth-order valence-corrected chi connectivity index (χ4v) is 4.32. The van der Waals surface area contributed by atoms with Gasteiger partial charge in [0.05, 0.1) is 29.8 Å². The molecule has 4 aromatic rings. The van der Waals surface area contributed by atoms with Crippen LogP contribution < -0.4 is 15.4 Å². The molecule has 1 aliphatic heterocycles. The van der Waals surface area contributed by atoms with Crippen LogP contribution in [0.1, 0.15) is 18.5 Å². The van der Waals surface area contributed by atoms with Gasteiger partial charge in [0.2, 0.25) is 5.95 Å². The molecule has 0 saturated carbocycles. The molecule has 32 heavy (non-hydrogen) atoms. The van der Waals surface area contributed by atoms with Crippen LogP contribution in [-0.4, -0.2) is 22.6 Å². The number of para-hydroxylation sites is 2. The summed E-state index contributed by atoms with van der Waals surface area (Å²) in [7, 11) is 1.61. The maximum absolute atomic E-state index is 13.6. The number of imidazole rings is 1. The third-order valence-corrected chi connectivity index (χ3v) is 5.82. The number of benzene rings is 3. The van der Waals surface area contributed by atoms with Gasteiger partial charge in [-0.15, -0.1) is 0 Å². The second-order valence-corrected chi connectivity index (χ2v) is 8.03. The number of hydrogen-bond donors (Lipinski definition) is 2. The zero-order valence-corrected chi connectivity index (χ0v) is 18.4. The highest BCUT2D eigenvalue weighted by Crippen LogP contribution is 2.40. The smallest absolute Gasteiger partial charge is 0.255 e. The predicted molar refractivity (Wildman–Crippen MR) is 127 cm³/mol. The number of fused-ring (bicyclic) bond motifs is 3. The summed E-state index contributed by atoms with van der Waals surface area (Å²) in [5.41, 5.74) is 4.71. The molecule has 1 aromatic heterocycles. The number of amides is 1. The highest BCUT2D eigenvalue weighted by molar-refractivity contribution is 6.30. The van der Waals surface area contributed by atoms with Crippen LogP contribution in [0.15, 0.2) is 84.1 Å². The molecule has 0 bridgehead atoms. The molecule has 2 heterocycles. The molecule has 7 heteroatoms. The van der Waals surface area contributed by atoms with Crippen molar-refractivity contribution in [2.75, 3.05) is 17.7 Å². The Morgan fingerprint density at radius 3 is 2.62 bits per heavy atom. The van der Waals surface area contributed by atoms with Crippen molar-refractivity contribution >= 4 is 40.2 Å². The number of nitrogens with zero attached hydrogens (tertiary/aromatic N) is 2. The average Bonchev–Trinajstić information content (AvgIpc) is 3.16. The van der Waals surface area contributed by atoms with Gasteiger partial charge in [-0.25, -0.2) is 4.98 Å². The molecule has 0 radical (unpaired) electrons. The number of halogens is 1. The maximum Gasteiger partial charge on any atom is 0.255 e. The van der Waals surface area contributed by atoms with E-state index in [0.29, 0.717) is 22.2 Å². The van der Waals surface area contributed by atoms with Crippen LogP contribution in [0, 0.1) is 0 Å². The Balaban J connectivity index is 1.63. The summed E-state index contributed by atoms with van der Waals surface area (Å²) in [5.74, 6) is 1.22. The van der Waals surface area contributed by atoms with Crippen molar-refractivity contribution < 1.29 is 9.53 Å². The zero-order chi connectivity index (χ0) is 22.2. The molecule has 6 nitrogen and oxygen atoms in total. The van der Waals surface area contributed by atoms with Crippen molar-refractivity contribution in [3.63, 3.8) is 0 Å². The number of allylic oxidation sites excluding steroid dienone is 1. The van der Waals surface area contributed by atoms with Crippen molar-refractivity contribution in [2.45, 2.75) is 13.0 Å². The highest BCUT2D eigenvalue weighted by Gasteiger charge is 2.34. The lowest BCUT2D eigenvalue weighted by molar-refractivity contribution is -0.113. The molecular weight excluding hydrogens is 424 g/mol. The van der Waals surface area contributed by atoms with Gasteiger partial charge in [0.1, 0.15) is 5.75 Å². The molecule has 3 aromatic carbocycles. The molecule has 160 valence electrons. The molecule has 0 spiro atoms. The topological polar surface area (TPSA) is 68.2 Å². The maximum atomic E-state index is 13.6. The van der Waals surface area contributed by atoms with E-state index < -0.39 is 6.04 Å². The normalized spacial score (nSPS) is 15.3. The molecule has 0 aliphatic carbocycles. The summed E-state index contributed by atoms with van der Waals surface area (Å²) in [6, 6.07) is 22.3. The Bertz CT molecular complexity index is 1360. The minimum Gasteiger partial charge on any atom is -0.497 e. The molecule has 5 rings (SSSR count). The minimum absolute atomic E-state index is 0.200. The first-order chi connectivity index (χ1) is 15.5. The molecule has 0 saturated heterocycles. The van der Waals surface area contributed by atoms with Crippen molar-refractivity contribution in [3.05, 3.63) is 94.7 Å². The summed E-state index contributed by atoms with van der Waals surface area (Å²) < 4.78 is 7.26. The molecule has 1 atom stereocenters. The fourth-order valence-electron chi connectivity index (χ4n) is 4.12. The number of hydrogen-bond acceptors (Lipinski definition) is 4. The van der Waals surface area contributed by atoms with Crippen molar-refractivity contribution in [1.82, 2.24) is 9.55 Å². The van der Waals surface area contributed by atoms with Crippen LogP contribution in [0.2, 0.25) is 5.02 Å². The number of carbonyl (C=O) groups excluding carboxylic acids is 1. The zero-order valence-electron chi connectivity index (χ0n) is 17.6. The monoisotopic (exact) mass is 444 g/mol. The summed E-state index contributed by atoms with van der Waals surface area (Å²) in [6.07, 6.45) is 0. The third-order valence-electron chi connectivity index (χ3n) is 5.59. The molecule has 0 fully saturated rings. The Hall–Kier alpha value is -3.77. The van der Waals surface area contributed by atoms with E-state index in [-0.39, 0.29) is 5.91 Å². The number of rotatable bonds is 4. The molecule has 1 amide bonds. The van der Waals surface area contributed by atoms with Crippen LogP contribution in [0.5, 0.6) is 5.75 Å². The second-order valence-electron chi connectivity index (χ2n) is 7.60. The van der Waals surface area contributed by atoms with Crippen LogP contribution in [-0.2, 0) is 4.79 Å². The first kappa shape index (κ1) is 20.2. The largest absolute Gasteiger partial charge is 0.497 e. The lowest BCUT2D eigenvalue weighted by Crippen LogP contribution is -2.30. The van der Waals surface area contributed by atoms with Gasteiger partial charge in [0, 0.05) is 16.4 Å². The van der Waals surface area contributed by atoms with E-state index in [9.17, 15) is 4.79 Å². The van der Waals surface area contributed by atoms with Crippen LogP contribution in [0.3, 0.4) is 0 Å². The van der Waals surface area contributed by atoms with Gasteiger partial charge in [-0.2, -0.15) is 0 Å². The Labute approximate surface area is 190 Å². The highest BCUT2D eigenvalue weighted by atomic mass is 35.5. The quantitative estimate of drug-likeness (QED) is 0.428. The van der Waals surface area contributed by atoms with Crippen LogP contribution in [0.25, 0.3) is 11.0 Å². The number of carbonyl (C=O) groups is 1. The van der Waals surface area contributed by atoms with Gasteiger partial charge in [0.25, 0.3) is 5.91 Å². The Kier molecular flexibility index (Phi) is 5.07. The summed E-state index contributed by atoms with van der Waals surface area (Å²) in [6.45, 7) is 1.89. The van der Waals surface area contributed by atoms with E-state index in [4.69, 9.17) is 21.3 Å². The number of anilines is 2. The molecule has 2 N–H and O–H groups in total. The average molecular weight is 445 g/mol. The first-order valence-corrected chi connectivity index (χ1v) is 10.6. The lowest BCUT2D eigenvalue weighted by atomic mass is 9.94. The van der Waals surface area contributed by atoms with Gasteiger partial charge in [-0.05, 0) is 61.0 Å². The summed E-state index contributed by atoms with van der Waals surface area (Å²) in [5, 5.41) is 6.95. The SMILES string of the molecule is COc1ccc(NC(=O)C2=C(C)Nc3nc4ccccc4n3C2c2cccc(Cl)c2)cc1. The van der Waals surface area contributed by atoms with Crippen LogP contribution >= 0.6 is 11.6 Å². The van der Waals surface area contributed by atoms with Gasteiger partial charge in [0.15, 0.2) is 0 Å². The van der Waals surface area contributed by atoms with E-state index in [1.54, 1.807) is 7.11 Å².